The lowest BCUT2D eigenvalue weighted by Gasteiger charge is -2.28. The molecule has 0 aromatic heterocycles. The molecule has 6 N–H and O–H groups in total. The third kappa shape index (κ3) is 7.75. The molecule has 1 amide bonds. The molecule has 3 rings (SSSR count). The monoisotopic (exact) mass is 500 g/mol. The Balaban J connectivity index is 1.80. The molecule has 3 aromatic rings. The summed E-state index contributed by atoms with van der Waals surface area (Å²) in [6.45, 7) is 2.52. The Morgan fingerprint density at radius 2 is 1.65 bits per heavy atom. The lowest BCUT2D eigenvalue weighted by Crippen LogP contribution is -2.42. The minimum absolute atomic E-state index is 0.0111. The van der Waals surface area contributed by atoms with E-state index in [4.69, 9.17) is 21.6 Å². The molecule has 0 radical (unpaired) electrons. The van der Waals surface area contributed by atoms with E-state index in [1.807, 2.05) is 66.7 Å². The van der Waals surface area contributed by atoms with Crippen molar-refractivity contribution in [3.05, 3.63) is 95.1 Å². The standard InChI is InChI=1S/C30H36N4O3/c1-3-6-27(26(18-28(35)37-2)16-20-7-4-10-25(15-20)29(32)33)34-30(36)23-13-11-22(12-14-23)24-9-5-8-21(17-24)19-31/h4-5,7-15,17,26-27H,3,6,16,18-19,31H2,1-2H3,(H3,32,33)(H,34,36). The number of methoxy groups -OCH3 is 1. The SMILES string of the molecule is CCCC(NC(=O)c1ccc(-c2cccc(CN)c2)cc1)C(CC(=O)OC)Cc1cccc(C(=N)N)c1. The highest BCUT2D eigenvalue weighted by Gasteiger charge is 2.26. The first kappa shape index (κ1) is 27.6. The van der Waals surface area contributed by atoms with E-state index in [0.717, 1.165) is 28.7 Å². The largest absolute Gasteiger partial charge is 0.469 e. The number of amides is 1. The van der Waals surface area contributed by atoms with Crippen molar-refractivity contribution in [1.82, 2.24) is 5.32 Å². The highest BCUT2D eigenvalue weighted by Crippen LogP contribution is 2.24. The van der Waals surface area contributed by atoms with E-state index in [-0.39, 0.29) is 36.1 Å². The number of carbonyl (C=O) groups is 2. The average molecular weight is 501 g/mol. The minimum Gasteiger partial charge on any atom is -0.469 e. The van der Waals surface area contributed by atoms with Crippen LogP contribution in [0.2, 0.25) is 0 Å². The molecule has 2 unspecified atom stereocenters. The first-order valence-electron chi connectivity index (χ1n) is 12.5. The summed E-state index contributed by atoms with van der Waals surface area (Å²) >= 11 is 0. The second kappa shape index (κ2) is 13.4. The van der Waals surface area contributed by atoms with E-state index >= 15 is 0 Å². The summed E-state index contributed by atoms with van der Waals surface area (Å²) in [5.41, 5.74) is 16.7. The molecule has 0 heterocycles. The Morgan fingerprint density at radius 3 is 2.30 bits per heavy atom. The molecule has 0 aliphatic rings. The van der Waals surface area contributed by atoms with Gasteiger partial charge in [-0.3, -0.25) is 15.0 Å². The number of esters is 1. The molecule has 0 bridgehead atoms. The maximum atomic E-state index is 13.2. The van der Waals surface area contributed by atoms with Gasteiger partial charge in [0.25, 0.3) is 5.91 Å². The first-order valence-corrected chi connectivity index (χ1v) is 12.5. The van der Waals surface area contributed by atoms with Gasteiger partial charge in [-0.25, -0.2) is 0 Å². The number of nitrogens with two attached hydrogens (primary N) is 2. The van der Waals surface area contributed by atoms with Gasteiger partial charge in [0.15, 0.2) is 0 Å². The number of hydrogen-bond donors (Lipinski definition) is 4. The van der Waals surface area contributed by atoms with Crippen molar-refractivity contribution < 1.29 is 14.3 Å². The van der Waals surface area contributed by atoms with E-state index in [2.05, 4.69) is 12.2 Å². The van der Waals surface area contributed by atoms with Gasteiger partial charge in [-0.05, 0) is 65.3 Å². The Morgan fingerprint density at radius 1 is 0.946 bits per heavy atom. The van der Waals surface area contributed by atoms with Crippen molar-refractivity contribution in [2.45, 2.75) is 45.2 Å². The summed E-state index contributed by atoms with van der Waals surface area (Å²) in [6.07, 6.45) is 2.26. The van der Waals surface area contributed by atoms with Crippen LogP contribution in [0.25, 0.3) is 11.1 Å². The van der Waals surface area contributed by atoms with Gasteiger partial charge >= 0.3 is 5.97 Å². The van der Waals surface area contributed by atoms with Gasteiger partial charge in [-0.15, -0.1) is 0 Å². The molecule has 2 atom stereocenters. The molecule has 7 heteroatoms. The molecule has 0 fully saturated rings. The number of rotatable bonds is 12. The zero-order valence-electron chi connectivity index (χ0n) is 21.5. The molecule has 0 aliphatic carbocycles. The number of hydrogen-bond acceptors (Lipinski definition) is 5. The quantitative estimate of drug-likeness (QED) is 0.166. The van der Waals surface area contributed by atoms with Crippen molar-refractivity contribution in [2.24, 2.45) is 17.4 Å². The van der Waals surface area contributed by atoms with Crippen LogP contribution in [0.1, 0.15) is 53.2 Å². The van der Waals surface area contributed by atoms with E-state index in [1.54, 1.807) is 6.07 Å². The zero-order valence-corrected chi connectivity index (χ0v) is 21.5. The van der Waals surface area contributed by atoms with E-state index in [0.29, 0.717) is 30.5 Å². The van der Waals surface area contributed by atoms with Gasteiger partial charge in [0, 0.05) is 23.7 Å². The Labute approximate surface area is 218 Å². The molecule has 3 aromatic carbocycles. The highest BCUT2D eigenvalue weighted by atomic mass is 16.5. The first-order chi connectivity index (χ1) is 17.8. The smallest absolute Gasteiger partial charge is 0.305 e. The van der Waals surface area contributed by atoms with Crippen LogP contribution in [-0.2, 0) is 22.5 Å². The number of nitrogen functional groups attached to an aromatic ring is 1. The van der Waals surface area contributed by atoms with Crippen LogP contribution in [-0.4, -0.2) is 30.9 Å². The van der Waals surface area contributed by atoms with Gasteiger partial charge in [0.05, 0.1) is 13.5 Å². The van der Waals surface area contributed by atoms with Crippen LogP contribution < -0.4 is 16.8 Å². The summed E-state index contributed by atoms with van der Waals surface area (Å²) in [5, 5.41) is 10.9. The fourth-order valence-corrected chi connectivity index (χ4v) is 4.50. The van der Waals surface area contributed by atoms with Crippen LogP contribution in [0.4, 0.5) is 0 Å². The maximum absolute atomic E-state index is 13.2. The van der Waals surface area contributed by atoms with Crippen molar-refractivity contribution in [2.75, 3.05) is 7.11 Å². The van der Waals surface area contributed by atoms with Crippen molar-refractivity contribution in [1.29, 1.82) is 5.41 Å². The third-order valence-corrected chi connectivity index (χ3v) is 6.52. The molecule has 0 saturated carbocycles. The molecule has 194 valence electrons. The molecule has 37 heavy (non-hydrogen) atoms. The predicted octanol–water partition coefficient (Wildman–Crippen LogP) is 4.42. The number of amidine groups is 1. The Hall–Kier alpha value is -3.97. The van der Waals surface area contributed by atoms with Crippen LogP contribution in [0.5, 0.6) is 0 Å². The van der Waals surface area contributed by atoms with E-state index < -0.39 is 0 Å². The number of nitrogens with one attached hydrogen (secondary N) is 2. The molecule has 0 spiro atoms. The summed E-state index contributed by atoms with van der Waals surface area (Å²) < 4.78 is 4.96. The summed E-state index contributed by atoms with van der Waals surface area (Å²) in [4.78, 5) is 25.5. The summed E-state index contributed by atoms with van der Waals surface area (Å²) in [7, 11) is 1.37. The van der Waals surface area contributed by atoms with E-state index in [1.165, 1.54) is 7.11 Å². The maximum Gasteiger partial charge on any atom is 0.305 e. The van der Waals surface area contributed by atoms with Gasteiger partial charge in [-0.2, -0.15) is 0 Å². The molecular weight excluding hydrogens is 464 g/mol. The fourth-order valence-electron chi connectivity index (χ4n) is 4.50. The van der Waals surface area contributed by atoms with Gasteiger partial charge < -0.3 is 21.5 Å². The lowest BCUT2D eigenvalue weighted by atomic mass is 9.86. The van der Waals surface area contributed by atoms with Gasteiger partial charge in [-0.1, -0.05) is 61.9 Å². The zero-order chi connectivity index (χ0) is 26.8. The topological polar surface area (TPSA) is 131 Å². The molecular formula is C30H36N4O3. The third-order valence-electron chi connectivity index (χ3n) is 6.52. The van der Waals surface area contributed by atoms with Crippen LogP contribution in [0.15, 0.2) is 72.8 Å². The lowest BCUT2D eigenvalue weighted by molar-refractivity contribution is -0.142. The van der Waals surface area contributed by atoms with Crippen molar-refractivity contribution in [3.8, 4) is 11.1 Å². The average Bonchev–Trinajstić information content (AvgIpc) is 2.92. The number of carbonyl (C=O) groups excluding carboxylic acids is 2. The molecule has 0 saturated heterocycles. The van der Waals surface area contributed by atoms with Crippen molar-refractivity contribution >= 4 is 17.7 Å². The second-order valence-corrected chi connectivity index (χ2v) is 9.21. The second-order valence-electron chi connectivity index (χ2n) is 9.21. The molecule has 0 aliphatic heterocycles. The van der Waals surface area contributed by atoms with Gasteiger partial charge in [0.2, 0.25) is 0 Å². The Bertz CT molecular complexity index is 1220. The predicted molar refractivity (Wildman–Crippen MR) is 147 cm³/mol. The van der Waals surface area contributed by atoms with Crippen molar-refractivity contribution in [3.63, 3.8) is 0 Å². The van der Waals surface area contributed by atoms with Gasteiger partial charge in [0.1, 0.15) is 5.84 Å². The number of benzene rings is 3. The minimum atomic E-state index is -0.327. The number of ether oxygens (including phenoxy) is 1. The van der Waals surface area contributed by atoms with Crippen LogP contribution in [0, 0.1) is 11.3 Å². The fraction of sp³-hybridized carbons (Fsp3) is 0.300. The van der Waals surface area contributed by atoms with Crippen LogP contribution >= 0.6 is 0 Å². The molecule has 7 nitrogen and oxygen atoms in total. The Kier molecular flexibility index (Phi) is 9.98. The van der Waals surface area contributed by atoms with E-state index in [9.17, 15) is 9.59 Å². The highest BCUT2D eigenvalue weighted by molar-refractivity contribution is 5.95. The normalized spacial score (nSPS) is 12.4. The van der Waals surface area contributed by atoms with Crippen LogP contribution in [0.3, 0.4) is 0 Å². The summed E-state index contributed by atoms with van der Waals surface area (Å²) in [5.74, 6) is -0.708. The summed E-state index contributed by atoms with van der Waals surface area (Å²) in [6, 6.07) is 22.7.